The van der Waals surface area contributed by atoms with E-state index in [1.807, 2.05) is 11.8 Å². The van der Waals surface area contributed by atoms with E-state index in [0.717, 1.165) is 40.4 Å². The minimum Gasteiger partial charge on any atom is -0.458 e. The Hall–Kier alpha value is -6.37. The maximum absolute atomic E-state index is 7.40. The molecule has 0 unspecified atom stereocenters. The Bertz CT molecular complexity index is 2880. The summed E-state index contributed by atoms with van der Waals surface area (Å²) in [4.78, 5) is 10.0. The van der Waals surface area contributed by atoms with Gasteiger partial charge >= 0.3 is 0 Å². The first kappa shape index (κ1) is 28.2. The fourth-order valence-electron chi connectivity index (χ4n) is 9.66. The molecule has 8 aromatic carbocycles. The van der Waals surface area contributed by atoms with Crippen molar-refractivity contribution in [2.45, 2.75) is 16.2 Å². The topological polar surface area (TPSA) is 19.0 Å². The molecule has 5 aliphatic heterocycles. The van der Waals surface area contributed by atoms with Gasteiger partial charge in [0.1, 0.15) is 11.5 Å². The molecular formula is C47H28BN3OS. The van der Waals surface area contributed by atoms with Crippen LogP contribution >= 0.6 is 11.8 Å². The molecule has 0 N–H and O–H groups in total. The smallest absolute Gasteiger partial charge is 0.261 e. The Morgan fingerprint density at radius 2 is 1.15 bits per heavy atom. The van der Waals surface area contributed by atoms with Crippen LogP contribution in [0.25, 0.3) is 10.8 Å². The molecule has 5 heterocycles. The van der Waals surface area contributed by atoms with E-state index in [2.05, 4.69) is 172 Å². The van der Waals surface area contributed by atoms with Crippen LogP contribution in [0.4, 0.5) is 51.2 Å². The Balaban J connectivity index is 1.16. The van der Waals surface area contributed by atoms with E-state index < -0.39 is 0 Å². The average molecular weight is 694 g/mol. The summed E-state index contributed by atoms with van der Waals surface area (Å²) < 4.78 is 7.40. The zero-order valence-electron chi connectivity index (χ0n) is 28.5. The van der Waals surface area contributed by atoms with E-state index in [1.165, 1.54) is 76.8 Å². The van der Waals surface area contributed by atoms with Gasteiger partial charge in [-0.15, -0.1) is 0 Å². The molecule has 0 saturated carbocycles. The van der Waals surface area contributed by atoms with Gasteiger partial charge in [-0.2, -0.15) is 0 Å². The Morgan fingerprint density at radius 3 is 1.98 bits per heavy atom. The molecule has 6 heteroatoms. The van der Waals surface area contributed by atoms with Crippen molar-refractivity contribution in [2.24, 2.45) is 0 Å². The van der Waals surface area contributed by atoms with Gasteiger partial charge in [0.25, 0.3) is 6.71 Å². The fourth-order valence-corrected chi connectivity index (χ4v) is 10.7. The monoisotopic (exact) mass is 693 g/mol. The quantitative estimate of drug-likeness (QED) is 0.167. The summed E-state index contributed by atoms with van der Waals surface area (Å²) >= 11 is 1.88. The summed E-state index contributed by atoms with van der Waals surface area (Å²) in [6, 6.07) is 57.9. The molecule has 5 aliphatic rings. The molecule has 0 amide bonds. The molecule has 13 rings (SSSR count). The van der Waals surface area contributed by atoms with E-state index in [0.29, 0.717) is 0 Å². The third-order valence-electron chi connectivity index (χ3n) is 11.7. The highest BCUT2D eigenvalue weighted by atomic mass is 32.2. The minimum absolute atomic E-state index is 0.00496. The lowest BCUT2D eigenvalue weighted by atomic mass is 9.32. The zero-order valence-corrected chi connectivity index (χ0v) is 29.3. The maximum Gasteiger partial charge on any atom is 0.261 e. The highest BCUT2D eigenvalue weighted by Crippen LogP contribution is 2.57. The molecular weight excluding hydrogens is 665 g/mol. The van der Waals surface area contributed by atoms with Gasteiger partial charge in [-0.3, -0.25) is 0 Å². The van der Waals surface area contributed by atoms with Gasteiger partial charge in [0, 0.05) is 61.8 Å². The third-order valence-corrected chi connectivity index (χ3v) is 12.9. The number of ether oxygens (including phenoxy) is 1. The molecule has 0 atom stereocenters. The van der Waals surface area contributed by atoms with Crippen LogP contribution in [0.3, 0.4) is 0 Å². The van der Waals surface area contributed by atoms with Crippen LogP contribution in [0.2, 0.25) is 0 Å². The largest absolute Gasteiger partial charge is 0.458 e. The fraction of sp³-hybridized carbons (Fsp3) is 0.0213. The van der Waals surface area contributed by atoms with Crippen LogP contribution in [0, 0.1) is 0 Å². The van der Waals surface area contributed by atoms with Crippen molar-refractivity contribution in [2.75, 3.05) is 14.7 Å². The second-order valence-electron chi connectivity index (χ2n) is 14.5. The number of hydrogen-bond acceptors (Lipinski definition) is 5. The lowest BCUT2D eigenvalue weighted by molar-refractivity contribution is 0.493. The first-order valence-electron chi connectivity index (χ1n) is 18.3. The van der Waals surface area contributed by atoms with Crippen molar-refractivity contribution < 1.29 is 4.74 Å². The second kappa shape index (κ2) is 10.2. The van der Waals surface area contributed by atoms with Crippen molar-refractivity contribution >= 4 is 96.8 Å². The molecule has 4 nitrogen and oxygen atoms in total. The molecule has 8 aromatic rings. The number of rotatable bonds is 2. The van der Waals surface area contributed by atoms with Gasteiger partial charge in [-0.1, -0.05) is 103 Å². The lowest BCUT2D eigenvalue weighted by Gasteiger charge is -2.48. The van der Waals surface area contributed by atoms with Gasteiger partial charge in [0.2, 0.25) is 0 Å². The van der Waals surface area contributed by atoms with Gasteiger partial charge in [0.15, 0.2) is 0 Å². The number of fused-ring (bicyclic) bond motifs is 7. The molecule has 0 aromatic heterocycles. The van der Waals surface area contributed by atoms with Gasteiger partial charge in [0.05, 0.1) is 17.1 Å². The van der Waals surface area contributed by atoms with Gasteiger partial charge < -0.3 is 19.4 Å². The maximum atomic E-state index is 7.40. The molecule has 0 bridgehead atoms. The molecule has 53 heavy (non-hydrogen) atoms. The highest BCUT2D eigenvalue weighted by Gasteiger charge is 2.51. The number of para-hydroxylation sites is 4. The second-order valence-corrected chi connectivity index (χ2v) is 15.5. The number of anilines is 9. The molecule has 0 aliphatic carbocycles. The molecule has 0 fully saturated rings. The summed E-state index contributed by atoms with van der Waals surface area (Å²) in [6.45, 7) is 0.00496. The number of benzene rings is 8. The predicted molar refractivity (Wildman–Crippen MR) is 220 cm³/mol. The third kappa shape index (κ3) is 3.63. The molecule has 246 valence electrons. The molecule has 0 saturated heterocycles. The van der Waals surface area contributed by atoms with Crippen molar-refractivity contribution in [1.82, 2.24) is 0 Å². The Kier molecular flexibility index (Phi) is 5.41. The van der Waals surface area contributed by atoms with E-state index in [-0.39, 0.29) is 6.71 Å². The lowest BCUT2D eigenvalue weighted by Crippen LogP contribution is -2.63. The summed E-state index contributed by atoms with van der Waals surface area (Å²) in [7, 11) is 0. The highest BCUT2D eigenvalue weighted by molar-refractivity contribution is 7.99. The normalized spacial score (nSPS) is 14.6. The van der Waals surface area contributed by atoms with Crippen LogP contribution in [-0.4, -0.2) is 6.71 Å². The van der Waals surface area contributed by atoms with Crippen molar-refractivity contribution in [3.05, 3.63) is 169 Å². The van der Waals surface area contributed by atoms with Crippen molar-refractivity contribution in [3.8, 4) is 11.5 Å². The standard InChI is InChI=1S/C47H28BN3OS/c1-2-15-31(16-3-1)49-37-22-23-42-46-44(37)48-43-39(49)26-32(50-34-18-8-5-13-29(34)24-30-14-6-9-19-35(30)50)27-40(43)52-47-33-17-7-4-12-28(33)25-38(45(47)48)51(46)36-20-10-11-21-41(36)53-42/h1-23,25-27H,24H2. The number of hydrogen-bond donors (Lipinski definition) is 0. The van der Waals surface area contributed by atoms with Crippen LogP contribution in [0.1, 0.15) is 11.1 Å². The average Bonchev–Trinajstić information content (AvgIpc) is 3.21. The SMILES string of the molecule is c1ccc(N2c3cc(N4c5ccccc5Cc5ccccc54)cc4c3B3c5c2ccc2c5N(c5ccccc5S2)c2cc5ccccc5c(c23)O4)cc1. The van der Waals surface area contributed by atoms with Gasteiger partial charge in [-0.05, 0) is 93.6 Å². The minimum atomic E-state index is 0.00496. The molecule has 0 spiro atoms. The number of nitrogens with zero attached hydrogens (tertiary/aromatic N) is 3. The predicted octanol–water partition coefficient (Wildman–Crippen LogP) is 10.9. The van der Waals surface area contributed by atoms with Crippen LogP contribution in [0.15, 0.2) is 168 Å². The Labute approximate surface area is 311 Å². The van der Waals surface area contributed by atoms with E-state index in [9.17, 15) is 0 Å². The summed E-state index contributed by atoms with van der Waals surface area (Å²) in [6.07, 6.45) is 0.910. The van der Waals surface area contributed by atoms with Crippen molar-refractivity contribution in [3.63, 3.8) is 0 Å². The van der Waals surface area contributed by atoms with Crippen molar-refractivity contribution in [1.29, 1.82) is 0 Å². The first-order valence-corrected chi connectivity index (χ1v) is 19.1. The van der Waals surface area contributed by atoms with E-state index in [1.54, 1.807) is 0 Å². The van der Waals surface area contributed by atoms with Gasteiger partial charge in [-0.25, -0.2) is 0 Å². The summed E-state index contributed by atoms with van der Waals surface area (Å²) in [5.41, 5.74) is 17.2. The Morgan fingerprint density at radius 1 is 0.472 bits per heavy atom. The van der Waals surface area contributed by atoms with E-state index >= 15 is 0 Å². The van der Waals surface area contributed by atoms with Crippen LogP contribution in [-0.2, 0) is 6.42 Å². The van der Waals surface area contributed by atoms with E-state index in [4.69, 9.17) is 4.74 Å². The first-order chi connectivity index (χ1) is 26.3. The summed E-state index contributed by atoms with van der Waals surface area (Å²) in [5, 5.41) is 2.32. The van der Waals surface area contributed by atoms with Crippen LogP contribution < -0.4 is 35.8 Å². The zero-order chi connectivity index (χ0) is 34.4. The summed E-state index contributed by atoms with van der Waals surface area (Å²) in [5.74, 6) is 1.88. The van der Waals surface area contributed by atoms with Crippen LogP contribution in [0.5, 0.6) is 11.5 Å². The molecule has 0 radical (unpaired) electrons.